The number of rotatable bonds is 7. The molecule has 2 N–H and O–H groups in total. The smallest absolute Gasteiger partial charge is 0.338 e. The van der Waals surface area contributed by atoms with Gasteiger partial charge in [0.2, 0.25) is 5.91 Å². The van der Waals surface area contributed by atoms with Crippen LogP contribution in [0.4, 0.5) is 5.69 Å². The molecule has 3 rings (SSSR count). The van der Waals surface area contributed by atoms with E-state index in [2.05, 4.69) is 5.32 Å². The topological polar surface area (TPSA) is 95.9 Å². The second kappa shape index (κ2) is 10.2. The lowest BCUT2D eigenvalue weighted by Gasteiger charge is -2.14. The Morgan fingerprint density at radius 3 is 2.48 bits per heavy atom. The van der Waals surface area contributed by atoms with Crippen LogP contribution in [0.5, 0.6) is 5.75 Å². The lowest BCUT2D eigenvalue weighted by molar-refractivity contribution is -0.122. The van der Waals surface area contributed by atoms with Gasteiger partial charge in [0, 0.05) is 18.7 Å². The molecule has 0 radical (unpaired) electrons. The lowest BCUT2D eigenvalue weighted by atomic mass is 10.2. The van der Waals surface area contributed by atoms with Crippen LogP contribution in [0.1, 0.15) is 29.3 Å². The molecule has 2 aromatic carbocycles. The van der Waals surface area contributed by atoms with Gasteiger partial charge in [-0.1, -0.05) is 36.1 Å². The number of phenols is 1. The first-order valence-corrected chi connectivity index (χ1v) is 10.7. The highest BCUT2D eigenvalue weighted by Gasteiger charge is 2.32. The molecule has 1 aliphatic rings. The molecular weight excluding hydrogens is 436 g/mol. The van der Waals surface area contributed by atoms with E-state index in [0.29, 0.717) is 27.1 Å². The van der Waals surface area contributed by atoms with Gasteiger partial charge in [-0.3, -0.25) is 14.5 Å². The third kappa shape index (κ3) is 5.93. The average molecular weight is 457 g/mol. The Morgan fingerprint density at radius 1 is 1.16 bits per heavy atom. The first-order valence-electron chi connectivity index (χ1n) is 9.49. The number of nitrogens with one attached hydrogen (secondary N) is 1. The fourth-order valence-electron chi connectivity index (χ4n) is 2.76. The minimum Gasteiger partial charge on any atom is -0.508 e. The second-order valence-corrected chi connectivity index (χ2v) is 8.20. The minimum absolute atomic E-state index is 0.0680. The summed E-state index contributed by atoms with van der Waals surface area (Å²) < 4.78 is 5.31. The van der Waals surface area contributed by atoms with Crippen molar-refractivity contribution >= 4 is 57.8 Å². The van der Waals surface area contributed by atoms with Gasteiger partial charge in [0.15, 0.2) is 0 Å². The second-order valence-electron chi connectivity index (χ2n) is 6.52. The summed E-state index contributed by atoms with van der Waals surface area (Å²) in [6.45, 7) is 2.18. The summed E-state index contributed by atoms with van der Waals surface area (Å²) in [5, 5.41) is 12.1. The van der Waals surface area contributed by atoms with E-state index in [-0.39, 0.29) is 30.5 Å². The monoisotopic (exact) mass is 456 g/mol. The number of esters is 1. The molecule has 1 saturated heterocycles. The number of carbonyl (C=O) groups excluding carboxylic acids is 3. The highest BCUT2D eigenvalue weighted by molar-refractivity contribution is 8.26. The van der Waals surface area contributed by atoms with Crippen LogP contribution in [0, 0.1) is 0 Å². The average Bonchev–Trinajstić information content (AvgIpc) is 3.01. The first kappa shape index (κ1) is 22.5. The van der Waals surface area contributed by atoms with Crippen molar-refractivity contribution in [2.75, 3.05) is 18.5 Å². The predicted molar refractivity (Wildman–Crippen MR) is 124 cm³/mol. The molecule has 31 heavy (non-hydrogen) atoms. The van der Waals surface area contributed by atoms with Gasteiger partial charge in [-0.2, -0.15) is 0 Å². The Balaban J connectivity index is 1.55. The Labute approximate surface area is 189 Å². The number of nitrogens with zero attached hydrogens (tertiary/aromatic N) is 1. The summed E-state index contributed by atoms with van der Waals surface area (Å²) >= 11 is 6.46. The molecule has 2 amide bonds. The van der Waals surface area contributed by atoms with Gasteiger partial charge in [-0.25, -0.2) is 4.79 Å². The summed E-state index contributed by atoms with van der Waals surface area (Å²) in [7, 11) is 0. The van der Waals surface area contributed by atoms with Crippen molar-refractivity contribution in [2.24, 2.45) is 0 Å². The van der Waals surface area contributed by atoms with E-state index in [1.54, 1.807) is 49.4 Å². The number of hydrogen-bond donors (Lipinski definition) is 2. The lowest BCUT2D eigenvalue weighted by Crippen LogP contribution is -2.31. The summed E-state index contributed by atoms with van der Waals surface area (Å²) in [4.78, 5) is 38.4. The van der Waals surface area contributed by atoms with E-state index in [9.17, 15) is 19.5 Å². The summed E-state index contributed by atoms with van der Waals surface area (Å²) in [6, 6.07) is 12.8. The molecule has 0 bridgehead atoms. The number of ether oxygens (including phenoxy) is 1. The molecular formula is C22H20N2O5S2. The normalized spacial score (nSPS) is 14.7. The molecule has 0 aliphatic carbocycles. The molecule has 0 atom stereocenters. The number of benzene rings is 2. The molecule has 1 fully saturated rings. The summed E-state index contributed by atoms with van der Waals surface area (Å²) in [6.07, 6.45) is 1.77. The van der Waals surface area contributed by atoms with E-state index in [0.717, 1.165) is 5.56 Å². The summed E-state index contributed by atoms with van der Waals surface area (Å²) in [5.74, 6) is -0.809. The maximum atomic E-state index is 12.6. The number of hydrogen-bond acceptors (Lipinski definition) is 7. The maximum absolute atomic E-state index is 12.6. The number of thioether (sulfide) groups is 1. The van der Waals surface area contributed by atoms with Crippen molar-refractivity contribution in [1.82, 2.24) is 4.90 Å². The van der Waals surface area contributed by atoms with Gasteiger partial charge in [0.05, 0.1) is 17.1 Å². The van der Waals surface area contributed by atoms with Gasteiger partial charge in [0.25, 0.3) is 5.91 Å². The van der Waals surface area contributed by atoms with Crippen LogP contribution in [0.25, 0.3) is 6.08 Å². The van der Waals surface area contributed by atoms with Crippen LogP contribution in [0.15, 0.2) is 53.4 Å². The summed E-state index contributed by atoms with van der Waals surface area (Å²) in [5.41, 5.74) is 1.70. The number of aromatic hydroxyl groups is 1. The van der Waals surface area contributed by atoms with E-state index < -0.39 is 5.97 Å². The van der Waals surface area contributed by atoms with Gasteiger partial charge < -0.3 is 15.2 Å². The Morgan fingerprint density at radius 2 is 1.84 bits per heavy atom. The van der Waals surface area contributed by atoms with Crippen LogP contribution in [-0.4, -0.2) is 45.3 Å². The zero-order valence-electron chi connectivity index (χ0n) is 16.7. The SMILES string of the molecule is CCOC(=O)c1ccc(NC(=O)CCN2C(=O)/C(=C/c3ccc(O)cc3)SC2=S)cc1. The Bertz CT molecular complexity index is 1030. The van der Waals surface area contributed by atoms with Crippen molar-refractivity contribution in [1.29, 1.82) is 0 Å². The Kier molecular flexibility index (Phi) is 7.43. The molecule has 1 heterocycles. The molecule has 0 unspecified atom stereocenters. The molecule has 0 saturated carbocycles. The highest BCUT2D eigenvalue weighted by Crippen LogP contribution is 2.32. The van der Waals surface area contributed by atoms with Crippen LogP contribution in [0.3, 0.4) is 0 Å². The van der Waals surface area contributed by atoms with Crippen molar-refractivity contribution in [3.05, 3.63) is 64.6 Å². The minimum atomic E-state index is -0.421. The van der Waals surface area contributed by atoms with Crippen LogP contribution < -0.4 is 5.32 Å². The van der Waals surface area contributed by atoms with Crippen molar-refractivity contribution < 1.29 is 24.2 Å². The largest absolute Gasteiger partial charge is 0.508 e. The van der Waals surface area contributed by atoms with E-state index >= 15 is 0 Å². The first-order chi connectivity index (χ1) is 14.9. The van der Waals surface area contributed by atoms with Crippen molar-refractivity contribution in [3.8, 4) is 5.75 Å². The molecule has 1 aliphatic heterocycles. The van der Waals surface area contributed by atoms with Gasteiger partial charge in [0.1, 0.15) is 10.1 Å². The number of carbonyl (C=O) groups is 3. The molecule has 0 spiro atoms. The number of phenolic OH excluding ortho intramolecular Hbond substituents is 1. The van der Waals surface area contributed by atoms with E-state index in [1.807, 2.05) is 0 Å². The van der Waals surface area contributed by atoms with Crippen LogP contribution in [-0.2, 0) is 14.3 Å². The van der Waals surface area contributed by atoms with E-state index in [4.69, 9.17) is 17.0 Å². The van der Waals surface area contributed by atoms with Crippen molar-refractivity contribution in [2.45, 2.75) is 13.3 Å². The molecule has 9 heteroatoms. The molecule has 160 valence electrons. The van der Waals surface area contributed by atoms with Crippen LogP contribution >= 0.6 is 24.0 Å². The third-order valence-corrected chi connectivity index (χ3v) is 5.68. The number of amides is 2. The highest BCUT2D eigenvalue weighted by atomic mass is 32.2. The molecule has 7 nitrogen and oxygen atoms in total. The molecule has 0 aromatic heterocycles. The van der Waals surface area contributed by atoms with E-state index in [1.165, 1.54) is 28.8 Å². The Hall–Kier alpha value is -3.17. The predicted octanol–water partition coefficient (Wildman–Crippen LogP) is 3.80. The fraction of sp³-hybridized carbons (Fsp3) is 0.182. The number of anilines is 1. The fourth-order valence-corrected chi connectivity index (χ4v) is 4.06. The van der Waals surface area contributed by atoms with Crippen LogP contribution in [0.2, 0.25) is 0 Å². The zero-order chi connectivity index (χ0) is 22.4. The standard InChI is InChI=1S/C22H20N2O5S2/c1-2-29-21(28)15-5-7-16(8-6-15)23-19(26)11-12-24-20(27)18(31-22(24)30)13-14-3-9-17(25)10-4-14/h3-10,13,25H,2,11-12H2,1H3,(H,23,26)/b18-13-. The van der Waals surface area contributed by atoms with Gasteiger partial charge in [-0.05, 0) is 55.0 Å². The third-order valence-electron chi connectivity index (χ3n) is 4.31. The van der Waals surface area contributed by atoms with Gasteiger partial charge in [-0.15, -0.1) is 0 Å². The molecule has 2 aromatic rings. The maximum Gasteiger partial charge on any atom is 0.338 e. The number of thiocarbonyl (C=S) groups is 1. The zero-order valence-corrected chi connectivity index (χ0v) is 18.3. The quantitative estimate of drug-likeness (QED) is 0.372. The van der Waals surface area contributed by atoms with Gasteiger partial charge >= 0.3 is 5.97 Å². The van der Waals surface area contributed by atoms with Crippen molar-refractivity contribution in [3.63, 3.8) is 0 Å².